The maximum absolute atomic E-state index is 12.0. The molecule has 0 fully saturated rings. The summed E-state index contributed by atoms with van der Waals surface area (Å²) < 4.78 is 6.51. The quantitative estimate of drug-likeness (QED) is 0.543. The Bertz CT molecular complexity index is 1060. The Balaban J connectivity index is 1.36. The lowest BCUT2D eigenvalue weighted by atomic mass is 10.1. The Morgan fingerprint density at radius 3 is 2.50 bits per heavy atom. The fourth-order valence-electron chi connectivity index (χ4n) is 2.64. The molecule has 0 aliphatic carbocycles. The molecule has 0 aliphatic heterocycles. The molecule has 1 aromatic carbocycles. The molecule has 0 radical (unpaired) electrons. The molecule has 0 saturated heterocycles. The first kappa shape index (κ1) is 21.4. The van der Waals surface area contributed by atoms with Gasteiger partial charge in [-0.25, -0.2) is 0 Å². The van der Waals surface area contributed by atoms with Crippen molar-refractivity contribution in [2.24, 2.45) is 0 Å². The number of aryl methyl sites for hydroxylation is 1. The molecule has 9 heteroatoms. The fourth-order valence-corrected chi connectivity index (χ4v) is 3.29. The highest BCUT2D eigenvalue weighted by Gasteiger charge is 2.08. The molecular formula is C21H22N4O4S. The van der Waals surface area contributed by atoms with Crippen LogP contribution in [0, 0.1) is 6.92 Å². The van der Waals surface area contributed by atoms with E-state index in [1.54, 1.807) is 29.8 Å². The van der Waals surface area contributed by atoms with Gasteiger partial charge in [0.15, 0.2) is 5.82 Å². The third-order valence-electron chi connectivity index (χ3n) is 4.13. The summed E-state index contributed by atoms with van der Waals surface area (Å²) >= 11 is 1.22. The highest BCUT2D eigenvalue weighted by molar-refractivity contribution is 8.00. The fraction of sp³-hybridized carbons (Fsp3) is 0.238. The number of carbonyl (C=O) groups is 2. The molecular weight excluding hydrogens is 404 g/mol. The summed E-state index contributed by atoms with van der Waals surface area (Å²) in [5, 5.41) is 9.12. The Morgan fingerprint density at radius 2 is 1.80 bits per heavy atom. The third kappa shape index (κ3) is 6.63. The van der Waals surface area contributed by atoms with Crippen molar-refractivity contribution in [1.29, 1.82) is 0 Å². The average molecular weight is 426 g/mol. The number of rotatable bonds is 9. The van der Waals surface area contributed by atoms with Crippen LogP contribution in [0.3, 0.4) is 0 Å². The van der Waals surface area contributed by atoms with Crippen LogP contribution in [0.2, 0.25) is 0 Å². The largest absolute Gasteiger partial charge is 0.360 e. The summed E-state index contributed by atoms with van der Waals surface area (Å²) in [6, 6.07) is 14.4. The van der Waals surface area contributed by atoms with Crippen molar-refractivity contribution in [3.63, 3.8) is 0 Å². The van der Waals surface area contributed by atoms with Crippen molar-refractivity contribution >= 4 is 29.4 Å². The lowest BCUT2D eigenvalue weighted by molar-refractivity contribution is -0.118. The van der Waals surface area contributed by atoms with Gasteiger partial charge in [-0.2, -0.15) is 0 Å². The highest BCUT2D eigenvalue weighted by atomic mass is 32.2. The molecule has 0 unspecified atom stereocenters. The normalized spacial score (nSPS) is 10.6. The van der Waals surface area contributed by atoms with Crippen LogP contribution in [-0.4, -0.2) is 33.0 Å². The molecule has 0 atom stereocenters. The first-order valence-electron chi connectivity index (χ1n) is 9.30. The van der Waals surface area contributed by atoms with Crippen LogP contribution in [0.4, 0.5) is 5.82 Å². The van der Waals surface area contributed by atoms with Crippen LogP contribution < -0.4 is 16.2 Å². The Hall–Kier alpha value is -3.33. The van der Waals surface area contributed by atoms with Gasteiger partial charge in [0, 0.05) is 24.9 Å². The van der Waals surface area contributed by atoms with Gasteiger partial charge >= 0.3 is 0 Å². The van der Waals surface area contributed by atoms with E-state index in [1.165, 1.54) is 17.8 Å². The number of hydrogen-bond acceptors (Lipinski definition) is 6. The third-order valence-corrected chi connectivity index (χ3v) is 5.06. The first-order valence-corrected chi connectivity index (χ1v) is 10.5. The van der Waals surface area contributed by atoms with Crippen LogP contribution in [0.15, 0.2) is 64.0 Å². The number of aromatic nitrogens is 2. The first-order chi connectivity index (χ1) is 14.5. The standard InChI is InChI=1S/C21H22N4O4S/c1-15-10-18(24-29-15)23-20(27)14-30-13-19(26)22-11-16-5-7-17(8-6-16)12-25-9-3-2-4-21(25)28/h2-10H,11-14H2,1H3,(H,22,26)(H,23,24,27). The van der Waals surface area contributed by atoms with Gasteiger partial charge in [0.1, 0.15) is 5.76 Å². The zero-order valence-electron chi connectivity index (χ0n) is 16.5. The van der Waals surface area contributed by atoms with E-state index in [4.69, 9.17) is 4.52 Å². The molecule has 0 saturated carbocycles. The zero-order valence-corrected chi connectivity index (χ0v) is 17.3. The van der Waals surface area contributed by atoms with Gasteiger partial charge < -0.3 is 19.7 Å². The molecule has 0 bridgehead atoms. The van der Waals surface area contributed by atoms with Crippen molar-refractivity contribution in [3.05, 3.63) is 82.0 Å². The van der Waals surface area contributed by atoms with Crippen LogP contribution in [-0.2, 0) is 22.7 Å². The van der Waals surface area contributed by atoms with E-state index >= 15 is 0 Å². The molecule has 0 aliphatic rings. The Labute approximate surface area is 177 Å². The van der Waals surface area contributed by atoms with E-state index in [1.807, 2.05) is 30.3 Å². The summed E-state index contributed by atoms with van der Waals surface area (Å²) in [5.74, 6) is 0.911. The predicted octanol–water partition coefficient (Wildman–Crippen LogP) is 2.18. The number of hydrogen-bond donors (Lipinski definition) is 2. The number of benzene rings is 1. The molecule has 2 heterocycles. The van der Waals surface area contributed by atoms with E-state index in [2.05, 4.69) is 15.8 Å². The van der Waals surface area contributed by atoms with E-state index in [-0.39, 0.29) is 28.9 Å². The Morgan fingerprint density at radius 1 is 1.07 bits per heavy atom. The summed E-state index contributed by atoms with van der Waals surface area (Å²) in [6.45, 7) is 2.63. The molecule has 30 heavy (non-hydrogen) atoms. The van der Waals surface area contributed by atoms with Crippen LogP contribution >= 0.6 is 11.8 Å². The number of pyridine rings is 1. The van der Waals surface area contributed by atoms with Gasteiger partial charge in [-0.3, -0.25) is 14.4 Å². The van der Waals surface area contributed by atoms with E-state index in [0.29, 0.717) is 24.7 Å². The second kappa shape index (κ2) is 10.4. The van der Waals surface area contributed by atoms with Crippen molar-refractivity contribution in [3.8, 4) is 0 Å². The minimum absolute atomic E-state index is 0.0452. The molecule has 156 valence electrons. The summed E-state index contributed by atoms with van der Waals surface area (Å²) in [6.07, 6.45) is 1.75. The number of nitrogens with zero attached hydrogens (tertiary/aromatic N) is 2. The Kier molecular flexibility index (Phi) is 7.45. The number of thioether (sulfide) groups is 1. The van der Waals surface area contributed by atoms with Crippen molar-refractivity contribution in [1.82, 2.24) is 15.0 Å². The summed E-state index contributed by atoms with van der Waals surface area (Å²) in [4.78, 5) is 35.5. The van der Waals surface area contributed by atoms with E-state index in [0.717, 1.165) is 11.1 Å². The molecule has 2 amide bonds. The number of carbonyl (C=O) groups excluding carboxylic acids is 2. The maximum Gasteiger partial charge on any atom is 0.250 e. The van der Waals surface area contributed by atoms with Crippen molar-refractivity contribution in [2.45, 2.75) is 20.0 Å². The van der Waals surface area contributed by atoms with Crippen LogP contribution in [0.1, 0.15) is 16.9 Å². The molecule has 2 N–H and O–H groups in total. The van der Waals surface area contributed by atoms with Crippen molar-refractivity contribution in [2.75, 3.05) is 16.8 Å². The second-order valence-electron chi connectivity index (χ2n) is 6.62. The lowest BCUT2D eigenvalue weighted by Gasteiger charge is -2.08. The number of nitrogens with one attached hydrogen (secondary N) is 2. The molecule has 3 aromatic rings. The van der Waals surface area contributed by atoms with Crippen LogP contribution in [0.5, 0.6) is 0 Å². The highest BCUT2D eigenvalue weighted by Crippen LogP contribution is 2.09. The van der Waals surface area contributed by atoms with Gasteiger partial charge in [-0.1, -0.05) is 35.5 Å². The van der Waals surface area contributed by atoms with Gasteiger partial charge in [0.25, 0.3) is 5.56 Å². The predicted molar refractivity (Wildman–Crippen MR) is 115 cm³/mol. The monoisotopic (exact) mass is 426 g/mol. The van der Waals surface area contributed by atoms with Crippen LogP contribution in [0.25, 0.3) is 0 Å². The smallest absolute Gasteiger partial charge is 0.250 e. The maximum atomic E-state index is 12.0. The van der Waals surface area contributed by atoms with Gasteiger partial charge in [0.05, 0.1) is 18.1 Å². The summed E-state index contributed by atoms with van der Waals surface area (Å²) in [5.41, 5.74) is 1.91. The van der Waals surface area contributed by atoms with Gasteiger partial charge in [0.2, 0.25) is 11.8 Å². The summed E-state index contributed by atoms with van der Waals surface area (Å²) in [7, 11) is 0. The SMILES string of the molecule is Cc1cc(NC(=O)CSCC(=O)NCc2ccc(Cn3ccccc3=O)cc2)no1. The van der Waals surface area contributed by atoms with Gasteiger partial charge in [-0.05, 0) is 24.1 Å². The topological polar surface area (TPSA) is 106 Å². The van der Waals surface area contributed by atoms with Gasteiger partial charge in [-0.15, -0.1) is 11.8 Å². The number of amides is 2. The minimum atomic E-state index is -0.241. The average Bonchev–Trinajstić information content (AvgIpc) is 3.13. The van der Waals surface area contributed by atoms with E-state index in [9.17, 15) is 14.4 Å². The molecule has 8 nitrogen and oxygen atoms in total. The molecule has 0 spiro atoms. The minimum Gasteiger partial charge on any atom is -0.360 e. The lowest BCUT2D eigenvalue weighted by Crippen LogP contribution is -2.25. The molecule has 2 aromatic heterocycles. The second-order valence-corrected chi connectivity index (χ2v) is 7.61. The van der Waals surface area contributed by atoms with E-state index < -0.39 is 0 Å². The van der Waals surface area contributed by atoms with Crippen molar-refractivity contribution < 1.29 is 14.1 Å². The number of anilines is 1. The zero-order chi connectivity index (χ0) is 21.3. The molecule has 3 rings (SSSR count).